The predicted molar refractivity (Wildman–Crippen MR) is 93.4 cm³/mol. The van der Waals surface area contributed by atoms with E-state index in [1.165, 1.54) is 18.2 Å². The minimum Gasteiger partial charge on any atom is -0.663 e. The average Bonchev–Trinajstić information content (AvgIpc) is 3.06. The molecule has 1 atom stereocenters. The Morgan fingerprint density at radius 3 is 2.91 bits per heavy atom. The van der Waals surface area contributed by atoms with Crippen LogP contribution in [0.2, 0.25) is 0 Å². The number of ether oxygens (including phenoxy) is 1. The summed E-state index contributed by atoms with van der Waals surface area (Å²) in [7, 11) is 1.44. The van der Waals surface area contributed by atoms with E-state index < -0.39 is 0 Å². The van der Waals surface area contributed by atoms with Crippen molar-refractivity contribution >= 4 is 17.7 Å². The molecule has 0 fully saturated rings. The van der Waals surface area contributed by atoms with E-state index in [1.807, 2.05) is 31.3 Å². The van der Waals surface area contributed by atoms with Gasteiger partial charge < -0.3 is 10.1 Å². The standard InChI is InChI=1S/C20H20NO2/c1-14(20(22)23-2)10-11-15-7-5-9-18(15)19-17-8-4-3-6-16(17)12-13-21-19/h3-9,12-14H,10-11H2,1-2H3/q-1/b19-18+. The summed E-state index contributed by atoms with van der Waals surface area (Å²) >= 11 is 0. The average molecular weight is 306 g/mol. The van der Waals surface area contributed by atoms with Gasteiger partial charge in [-0.1, -0.05) is 55.5 Å². The highest BCUT2D eigenvalue weighted by Crippen LogP contribution is 2.38. The van der Waals surface area contributed by atoms with E-state index in [0.29, 0.717) is 0 Å². The highest BCUT2D eigenvalue weighted by atomic mass is 16.5. The van der Waals surface area contributed by atoms with Crippen molar-refractivity contribution in [2.45, 2.75) is 19.8 Å². The first kappa shape index (κ1) is 15.3. The summed E-state index contributed by atoms with van der Waals surface area (Å²) in [5.41, 5.74) is 5.73. The number of rotatable bonds is 4. The molecule has 118 valence electrons. The van der Waals surface area contributed by atoms with Gasteiger partial charge >= 0.3 is 5.97 Å². The topological polar surface area (TPSA) is 40.4 Å². The van der Waals surface area contributed by atoms with Gasteiger partial charge in [0.2, 0.25) is 0 Å². The minimum absolute atomic E-state index is 0.0942. The van der Waals surface area contributed by atoms with Crippen LogP contribution >= 0.6 is 0 Å². The number of hydrogen-bond donors (Lipinski definition) is 0. The van der Waals surface area contributed by atoms with E-state index in [1.54, 1.807) is 0 Å². The molecule has 0 spiro atoms. The Balaban J connectivity index is 1.83. The first-order valence-corrected chi connectivity index (χ1v) is 7.87. The summed E-state index contributed by atoms with van der Waals surface area (Å²) in [5, 5.41) is 4.60. The summed E-state index contributed by atoms with van der Waals surface area (Å²) < 4.78 is 4.80. The van der Waals surface area contributed by atoms with E-state index in [-0.39, 0.29) is 11.9 Å². The van der Waals surface area contributed by atoms with E-state index in [0.717, 1.165) is 29.7 Å². The lowest BCUT2D eigenvalue weighted by molar-refractivity contribution is -0.145. The van der Waals surface area contributed by atoms with Gasteiger partial charge in [0.1, 0.15) is 0 Å². The van der Waals surface area contributed by atoms with Crippen LogP contribution in [0.3, 0.4) is 0 Å². The van der Waals surface area contributed by atoms with Gasteiger partial charge in [-0.15, -0.1) is 5.70 Å². The maximum absolute atomic E-state index is 11.6. The van der Waals surface area contributed by atoms with Crippen LogP contribution in [0.1, 0.15) is 30.9 Å². The zero-order valence-electron chi connectivity index (χ0n) is 13.5. The monoisotopic (exact) mass is 306 g/mol. The predicted octanol–water partition coefficient (Wildman–Crippen LogP) is 4.84. The number of allylic oxidation sites excluding steroid dienone is 5. The fourth-order valence-electron chi connectivity index (χ4n) is 2.93. The molecule has 1 aliphatic heterocycles. The zero-order chi connectivity index (χ0) is 16.2. The molecule has 1 unspecified atom stereocenters. The van der Waals surface area contributed by atoms with Crippen molar-refractivity contribution in [3.05, 3.63) is 76.3 Å². The molecule has 0 saturated heterocycles. The highest BCUT2D eigenvalue weighted by molar-refractivity contribution is 5.91. The highest BCUT2D eigenvalue weighted by Gasteiger charge is 2.16. The van der Waals surface area contributed by atoms with Gasteiger partial charge in [-0.25, -0.2) is 0 Å². The third-order valence-corrected chi connectivity index (χ3v) is 4.29. The minimum atomic E-state index is -0.151. The Morgan fingerprint density at radius 1 is 1.26 bits per heavy atom. The van der Waals surface area contributed by atoms with Crippen molar-refractivity contribution in [3.8, 4) is 0 Å². The molecule has 3 heteroatoms. The third-order valence-electron chi connectivity index (χ3n) is 4.29. The molecular formula is C20H20NO2-. The lowest BCUT2D eigenvalue weighted by Crippen LogP contribution is -2.12. The first-order valence-electron chi connectivity index (χ1n) is 7.87. The fourth-order valence-corrected chi connectivity index (χ4v) is 2.93. The number of nitrogens with zero attached hydrogens (tertiary/aromatic N) is 1. The summed E-state index contributed by atoms with van der Waals surface area (Å²) in [6.07, 6.45) is 11.8. The Labute approximate surface area is 137 Å². The molecule has 3 nitrogen and oxygen atoms in total. The quantitative estimate of drug-likeness (QED) is 0.747. The molecule has 1 aromatic rings. The van der Waals surface area contributed by atoms with Gasteiger partial charge in [0.25, 0.3) is 0 Å². The number of hydrogen-bond acceptors (Lipinski definition) is 2. The Morgan fingerprint density at radius 2 is 2.09 bits per heavy atom. The third kappa shape index (κ3) is 3.14. The van der Waals surface area contributed by atoms with Crippen molar-refractivity contribution < 1.29 is 9.53 Å². The molecule has 2 aliphatic rings. The molecule has 1 aromatic carbocycles. The smallest absolute Gasteiger partial charge is 0.308 e. The number of carbonyl (C=O) groups is 1. The van der Waals surface area contributed by atoms with Gasteiger partial charge in [0.05, 0.1) is 13.0 Å². The van der Waals surface area contributed by atoms with Crippen molar-refractivity contribution in [1.82, 2.24) is 0 Å². The van der Waals surface area contributed by atoms with Crippen LogP contribution in [0.25, 0.3) is 17.1 Å². The summed E-state index contributed by atoms with van der Waals surface area (Å²) in [6.45, 7) is 1.91. The van der Waals surface area contributed by atoms with E-state index in [4.69, 9.17) is 4.74 Å². The van der Waals surface area contributed by atoms with E-state index in [9.17, 15) is 4.79 Å². The van der Waals surface area contributed by atoms with Crippen molar-refractivity contribution in [1.29, 1.82) is 0 Å². The van der Waals surface area contributed by atoms with Crippen LogP contribution in [0.5, 0.6) is 0 Å². The van der Waals surface area contributed by atoms with Crippen LogP contribution < -0.4 is 0 Å². The fraction of sp³-hybridized carbons (Fsp3) is 0.250. The largest absolute Gasteiger partial charge is 0.663 e. The molecule has 0 aromatic heterocycles. The number of carbonyl (C=O) groups excluding carboxylic acids is 1. The number of methoxy groups -OCH3 is 1. The van der Waals surface area contributed by atoms with Crippen molar-refractivity contribution in [2.24, 2.45) is 5.92 Å². The number of benzene rings is 1. The van der Waals surface area contributed by atoms with Crippen molar-refractivity contribution in [2.75, 3.05) is 7.11 Å². The van der Waals surface area contributed by atoms with Crippen LogP contribution in [0, 0.1) is 5.92 Å². The molecule has 1 heterocycles. The van der Waals surface area contributed by atoms with E-state index >= 15 is 0 Å². The van der Waals surface area contributed by atoms with Crippen LogP contribution in [0.15, 0.2) is 59.8 Å². The van der Waals surface area contributed by atoms with Gasteiger partial charge in [-0.05, 0) is 35.1 Å². The zero-order valence-corrected chi connectivity index (χ0v) is 13.5. The maximum atomic E-state index is 11.6. The second-order valence-electron chi connectivity index (χ2n) is 5.81. The molecule has 0 bridgehead atoms. The molecule has 0 saturated carbocycles. The maximum Gasteiger partial charge on any atom is 0.308 e. The molecule has 1 aliphatic carbocycles. The van der Waals surface area contributed by atoms with Crippen LogP contribution in [-0.4, -0.2) is 13.1 Å². The molecule has 0 radical (unpaired) electrons. The van der Waals surface area contributed by atoms with Gasteiger partial charge in [-0.3, -0.25) is 4.79 Å². The first-order chi connectivity index (χ1) is 11.2. The van der Waals surface area contributed by atoms with Gasteiger partial charge in [-0.2, -0.15) is 6.20 Å². The normalized spacial score (nSPS) is 19.8. The van der Waals surface area contributed by atoms with Gasteiger partial charge in [0, 0.05) is 0 Å². The second kappa shape index (κ2) is 6.69. The van der Waals surface area contributed by atoms with E-state index in [2.05, 4.69) is 35.7 Å². The van der Waals surface area contributed by atoms with Crippen LogP contribution in [0.4, 0.5) is 0 Å². The molecule has 23 heavy (non-hydrogen) atoms. The molecule has 0 N–H and O–H groups in total. The number of fused-ring (bicyclic) bond motifs is 1. The Bertz CT molecular complexity index is 738. The SMILES string of the molecule is COC(=O)C(C)CCC1=CC=C/C1=C1\[N-]C=Cc2ccccc21. The lowest BCUT2D eigenvalue weighted by Gasteiger charge is -2.31. The molecular weight excluding hydrogens is 286 g/mol. The van der Waals surface area contributed by atoms with Crippen LogP contribution in [-0.2, 0) is 9.53 Å². The second-order valence-corrected chi connectivity index (χ2v) is 5.81. The Kier molecular flexibility index (Phi) is 4.47. The summed E-state index contributed by atoms with van der Waals surface area (Å²) in [6, 6.07) is 8.28. The Hall–Kier alpha value is -2.55. The van der Waals surface area contributed by atoms with Gasteiger partial charge in [0.15, 0.2) is 0 Å². The molecule has 3 rings (SSSR count). The lowest BCUT2D eigenvalue weighted by atomic mass is 9.92. The molecule has 0 amide bonds. The summed E-state index contributed by atoms with van der Waals surface area (Å²) in [4.78, 5) is 11.6. The number of esters is 1. The summed E-state index contributed by atoms with van der Waals surface area (Å²) in [5.74, 6) is -0.246. The van der Waals surface area contributed by atoms with Crippen molar-refractivity contribution in [3.63, 3.8) is 0 Å².